The summed E-state index contributed by atoms with van der Waals surface area (Å²) in [6, 6.07) is 7.94. The SMILES string of the molecule is Cc1ccc(NC2(C(=O)O)CCCCCC2)cc1. The third-order valence-corrected chi connectivity index (χ3v) is 3.80. The number of carboxylic acids is 1. The van der Waals surface area contributed by atoms with E-state index in [9.17, 15) is 9.90 Å². The van der Waals surface area contributed by atoms with Crippen LogP contribution in [0, 0.1) is 6.92 Å². The molecule has 0 radical (unpaired) electrons. The van der Waals surface area contributed by atoms with Crippen molar-refractivity contribution in [3.05, 3.63) is 29.8 Å². The summed E-state index contributed by atoms with van der Waals surface area (Å²) in [6.45, 7) is 2.03. The Morgan fingerprint density at radius 2 is 1.67 bits per heavy atom. The minimum absolute atomic E-state index is 0.718. The molecule has 3 heteroatoms. The van der Waals surface area contributed by atoms with Gasteiger partial charge in [0.25, 0.3) is 0 Å². The zero-order valence-electron chi connectivity index (χ0n) is 10.9. The van der Waals surface area contributed by atoms with Gasteiger partial charge in [0, 0.05) is 5.69 Å². The lowest BCUT2D eigenvalue weighted by atomic mass is 9.90. The minimum atomic E-state index is -0.772. The van der Waals surface area contributed by atoms with Gasteiger partial charge in [0.05, 0.1) is 0 Å². The molecule has 2 rings (SSSR count). The first-order valence-electron chi connectivity index (χ1n) is 6.71. The summed E-state index contributed by atoms with van der Waals surface area (Å²) in [5, 5.41) is 12.8. The highest BCUT2D eigenvalue weighted by atomic mass is 16.4. The van der Waals surface area contributed by atoms with Gasteiger partial charge in [0.15, 0.2) is 0 Å². The summed E-state index contributed by atoms with van der Waals surface area (Å²) in [7, 11) is 0. The number of carboxylic acid groups (broad SMARTS) is 1. The average Bonchev–Trinajstić information content (AvgIpc) is 2.59. The molecule has 98 valence electrons. The van der Waals surface area contributed by atoms with Crippen LogP contribution in [0.15, 0.2) is 24.3 Å². The maximum atomic E-state index is 11.6. The maximum absolute atomic E-state index is 11.6. The van der Waals surface area contributed by atoms with Crippen molar-refractivity contribution in [1.29, 1.82) is 0 Å². The lowest BCUT2D eigenvalue weighted by molar-refractivity contribution is -0.142. The molecule has 0 unspecified atom stereocenters. The standard InChI is InChI=1S/C15H21NO2/c1-12-6-8-13(9-7-12)16-15(14(17)18)10-4-2-3-5-11-15/h6-9,16H,2-5,10-11H2,1H3,(H,17,18). The smallest absolute Gasteiger partial charge is 0.329 e. The normalized spacial score (nSPS) is 18.9. The highest BCUT2D eigenvalue weighted by Crippen LogP contribution is 2.31. The van der Waals surface area contributed by atoms with Crippen molar-refractivity contribution >= 4 is 11.7 Å². The van der Waals surface area contributed by atoms with Crippen LogP contribution in [-0.4, -0.2) is 16.6 Å². The molecule has 0 saturated heterocycles. The van der Waals surface area contributed by atoms with Crippen LogP contribution in [0.25, 0.3) is 0 Å². The molecular formula is C15H21NO2. The van der Waals surface area contributed by atoms with Gasteiger partial charge < -0.3 is 10.4 Å². The number of nitrogens with one attached hydrogen (secondary N) is 1. The molecule has 2 N–H and O–H groups in total. The summed E-state index contributed by atoms with van der Waals surface area (Å²) in [4.78, 5) is 11.6. The third kappa shape index (κ3) is 2.84. The van der Waals surface area contributed by atoms with Gasteiger partial charge in [-0.2, -0.15) is 0 Å². The van der Waals surface area contributed by atoms with E-state index in [1.807, 2.05) is 31.2 Å². The average molecular weight is 247 g/mol. The summed E-state index contributed by atoms with van der Waals surface area (Å²) in [5.41, 5.74) is 1.32. The molecule has 3 nitrogen and oxygen atoms in total. The predicted octanol–water partition coefficient (Wildman–Crippen LogP) is 3.58. The van der Waals surface area contributed by atoms with E-state index in [0.29, 0.717) is 0 Å². The number of aliphatic carboxylic acids is 1. The van der Waals surface area contributed by atoms with E-state index in [1.54, 1.807) is 0 Å². The van der Waals surface area contributed by atoms with Crippen LogP contribution in [0.5, 0.6) is 0 Å². The Balaban J connectivity index is 2.19. The number of aryl methyl sites for hydroxylation is 1. The lowest BCUT2D eigenvalue weighted by Crippen LogP contribution is -2.45. The molecular weight excluding hydrogens is 226 g/mol. The number of hydrogen-bond donors (Lipinski definition) is 2. The highest BCUT2D eigenvalue weighted by molar-refractivity contribution is 5.82. The fourth-order valence-corrected chi connectivity index (χ4v) is 2.64. The van der Waals surface area contributed by atoms with Gasteiger partial charge >= 0.3 is 5.97 Å². The fourth-order valence-electron chi connectivity index (χ4n) is 2.64. The molecule has 0 bridgehead atoms. The van der Waals surface area contributed by atoms with Crippen molar-refractivity contribution in [2.45, 2.75) is 51.0 Å². The quantitative estimate of drug-likeness (QED) is 0.802. The number of hydrogen-bond acceptors (Lipinski definition) is 2. The summed E-state index contributed by atoms with van der Waals surface area (Å²) >= 11 is 0. The molecule has 0 amide bonds. The van der Waals surface area contributed by atoms with Crippen molar-refractivity contribution in [3.63, 3.8) is 0 Å². The number of anilines is 1. The van der Waals surface area contributed by atoms with E-state index in [2.05, 4.69) is 5.32 Å². The van der Waals surface area contributed by atoms with E-state index < -0.39 is 11.5 Å². The van der Waals surface area contributed by atoms with Crippen molar-refractivity contribution in [2.75, 3.05) is 5.32 Å². The van der Waals surface area contributed by atoms with Crippen LogP contribution >= 0.6 is 0 Å². The van der Waals surface area contributed by atoms with Crippen molar-refractivity contribution in [3.8, 4) is 0 Å². The van der Waals surface area contributed by atoms with Crippen molar-refractivity contribution < 1.29 is 9.90 Å². The second kappa shape index (κ2) is 5.42. The topological polar surface area (TPSA) is 49.3 Å². The van der Waals surface area contributed by atoms with Crippen LogP contribution in [-0.2, 0) is 4.79 Å². The van der Waals surface area contributed by atoms with E-state index in [-0.39, 0.29) is 0 Å². The molecule has 1 fully saturated rings. The molecule has 0 aliphatic heterocycles. The Hall–Kier alpha value is -1.51. The fraction of sp³-hybridized carbons (Fsp3) is 0.533. The largest absolute Gasteiger partial charge is 0.480 e. The van der Waals surface area contributed by atoms with E-state index in [4.69, 9.17) is 0 Å². The van der Waals surface area contributed by atoms with Crippen LogP contribution in [0.2, 0.25) is 0 Å². The predicted molar refractivity (Wildman–Crippen MR) is 72.9 cm³/mol. The number of carbonyl (C=O) groups is 1. The maximum Gasteiger partial charge on any atom is 0.329 e. The van der Waals surface area contributed by atoms with Gasteiger partial charge in [-0.05, 0) is 31.9 Å². The summed E-state index contributed by atoms with van der Waals surface area (Å²) in [6.07, 6.45) is 5.71. The Morgan fingerprint density at radius 3 is 2.17 bits per heavy atom. The zero-order valence-corrected chi connectivity index (χ0v) is 10.9. The Morgan fingerprint density at radius 1 is 1.11 bits per heavy atom. The zero-order chi connectivity index (χ0) is 13.0. The first-order valence-corrected chi connectivity index (χ1v) is 6.71. The molecule has 0 aromatic heterocycles. The van der Waals surface area contributed by atoms with Gasteiger partial charge in [-0.25, -0.2) is 4.79 Å². The van der Waals surface area contributed by atoms with Crippen LogP contribution in [0.3, 0.4) is 0 Å². The van der Waals surface area contributed by atoms with Gasteiger partial charge in [-0.15, -0.1) is 0 Å². The van der Waals surface area contributed by atoms with E-state index in [0.717, 1.165) is 44.2 Å². The van der Waals surface area contributed by atoms with E-state index >= 15 is 0 Å². The van der Waals surface area contributed by atoms with Crippen LogP contribution in [0.4, 0.5) is 5.69 Å². The second-order valence-electron chi connectivity index (χ2n) is 5.29. The molecule has 1 aliphatic rings. The Labute approximate surface area is 108 Å². The van der Waals surface area contributed by atoms with Crippen molar-refractivity contribution in [2.24, 2.45) is 0 Å². The Bertz CT molecular complexity index is 403. The molecule has 1 aromatic rings. The van der Waals surface area contributed by atoms with Crippen LogP contribution < -0.4 is 5.32 Å². The van der Waals surface area contributed by atoms with Gasteiger partial charge in [-0.1, -0.05) is 43.4 Å². The lowest BCUT2D eigenvalue weighted by Gasteiger charge is -2.30. The summed E-state index contributed by atoms with van der Waals surface area (Å²) < 4.78 is 0. The summed E-state index contributed by atoms with van der Waals surface area (Å²) in [5.74, 6) is -0.718. The molecule has 0 heterocycles. The van der Waals surface area contributed by atoms with Crippen molar-refractivity contribution in [1.82, 2.24) is 0 Å². The molecule has 18 heavy (non-hydrogen) atoms. The molecule has 1 aromatic carbocycles. The monoisotopic (exact) mass is 247 g/mol. The highest BCUT2D eigenvalue weighted by Gasteiger charge is 2.38. The van der Waals surface area contributed by atoms with Gasteiger partial charge in [0.1, 0.15) is 5.54 Å². The van der Waals surface area contributed by atoms with Gasteiger partial charge in [-0.3, -0.25) is 0 Å². The van der Waals surface area contributed by atoms with Crippen LogP contribution in [0.1, 0.15) is 44.1 Å². The van der Waals surface area contributed by atoms with Gasteiger partial charge in [0.2, 0.25) is 0 Å². The first kappa shape index (κ1) is 12.9. The second-order valence-corrected chi connectivity index (χ2v) is 5.29. The number of benzene rings is 1. The molecule has 0 spiro atoms. The third-order valence-electron chi connectivity index (χ3n) is 3.80. The molecule has 0 atom stereocenters. The Kier molecular flexibility index (Phi) is 3.90. The minimum Gasteiger partial charge on any atom is -0.480 e. The first-order chi connectivity index (χ1) is 8.62. The number of rotatable bonds is 3. The van der Waals surface area contributed by atoms with E-state index in [1.165, 1.54) is 5.56 Å². The molecule has 1 saturated carbocycles. The molecule has 1 aliphatic carbocycles.